The van der Waals surface area contributed by atoms with Crippen LogP contribution < -0.4 is 10.6 Å². The van der Waals surface area contributed by atoms with Crippen molar-refractivity contribution in [2.75, 3.05) is 18.4 Å². The molecule has 0 bridgehead atoms. The maximum Gasteiger partial charge on any atom is 0.410 e. The van der Waals surface area contributed by atoms with E-state index in [-0.39, 0.29) is 12.0 Å². The largest absolute Gasteiger partial charge is 0.444 e. The molecule has 36 heavy (non-hydrogen) atoms. The van der Waals surface area contributed by atoms with Crippen molar-refractivity contribution in [2.45, 2.75) is 72.1 Å². The maximum absolute atomic E-state index is 12.9. The van der Waals surface area contributed by atoms with E-state index >= 15 is 0 Å². The molecule has 0 unspecified atom stereocenters. The van der Waals surface area contributed by atoms with Gasteiger partial charge in [0.1, 0.15) is 15.6 Å². The second-order valence-corrected chi connectivity index (χ2v) is 13.1. The zero-order chi connectivity index (χ0) is 26.0. The van der Waals surface area contributed by atoms with E-state index in [1.807, 2.05) is 32.9 Å². The molecule has 1 atom stereocenters. The van der Waals surface area contributed by atoms with Gasteiger partial charge in [0.2, 0.25) is 5.91 Å². The van der Waals surface area contributed by atoms with Crippen molar-refractivity contribution in [3.8, 4) is 10.6 Å². The number of thiophene rings is 1. The molecule has 2 amide bonds. The molecule has 2 aromatic heterocycles. The lowest BCUT2D eigenvalue weighted by Crippen LogP contribution is -2.39. The fraction of sp³-hybridized carbons (Fsp3) is 0.500. The minimum atomic E-state index is -0.546. The average Bonchev–Trinajstić information content (AvgIpc) is 3.36. The third-order valence-corrected chi connectivity index (χ3v) is 8.66. The molecule has 3 aromatic rings. The van der Waals surface area contributed by atoms with Gasteiger partial charge < -0.3 is 20.3 Å². The van der Waals surface area contributed by atoms with Gasteiger partial charge in [-0.25, -0.2) is 9.78 Å². The Balaban J connectivity index is 1.63. The van der Waals surface area contributed by atoms with E-state index in [4.69, 9.17) is 9.72 Å². The van der Waals surface area contributed by atoms with Crippen molar-refractivity contribution >= 4 is 65.8 Å². The molecule has 1 aliphatic rings. The van der Waals surface area contributed by atoms with E-state index in [0.29, 0.717) is 38.5 Å². The van der Waals surface area contributed by atoms with Gasteiger partial charge in [-0.3, -0.25) is 4.79 Å². The van der Waals surface area contributed by atoms with Crippen LogP contribution in [0.5, 0.6) is 0 Å². The van der Waals surface area contributed by atoms with Gasteiger partial charge in [0.05, 0.1) is 16.8 Å². The van der Waals surface area contributed by atoms with Crippen LogP contribution >= 0.6 is 38.6 Å². The molecule has 0 fully saturated rings. The monoisotopic (exact) mass is 592 g/mol. The number of hydrogen-bond acceptors (Lipinski definition) is 7. The molecule has 0 saturated carbocycles. The zero-order valence-corrected chi connectivity index (χ0v) is 24.6. The smallest absolute Gasteiger partial charge is 0.410 e. The highest BCUT2D eigenvalue weighted by atomic mass is 79.9. The predicted octanol–water partition coefficient (Wildman–Crippen LogP) is 6.80. The number of nitrogens with zero attached hydrogens (tertiary/aromatic N) is 2. The van der Waals surface area contributed by atoms with Crippen LogP contribution in [0, 0.1) is 0 Å². The van der Waals surface area contributed by atoms with Crippen molar-refractivity contribution in [2.24, 2.45) is 0 Å². The Morgan fingerprint density at radius 3 is 2.78 bits per heavy atom. The number of benzene rings is 1. The van der Waals surface area contributed by atoms with Crippen LogP contribution in [-0.4, -0.2) is 46.6 Å². The molecule has 0 radical (unpaired) electrons. The van der Waals surface area contributed by atoms with Crippen LogP contribution in [0.1, 0.15) is 57.9 Å². The maximum atomic E-state index is 12.9. The van der Waals surface area contributed by atoms with E-state index in [1.54, 1.807) is 16.2 Å². The number of ether oxygens (including phenoxy) is 1. The van der Waals surface area contributed by atoms with Gasteiger partial charge in [-0.2, -0.15) is 0 Å². The number of anilines is 1. The summed E-state index contributed by atoms with van der Waals surface area (Å²) in [6.45, 7) is 11.5. The summed E-state index contributed by atoms with van der Waals surface area (Å²) in [5, 5.41) is 8.22. The molecule has 1 aliphatic heterocycles. The quantitative estimate of drug-likeness (QED) is 0.315. The Labute approximate surface area is 228 Å². The molecule has 0 aliphatic carbocycles. The van der Waals surface area contributed by atoms with Crippen molar-refractivity contribution < 1.29 is 14.3 Å². The molecule has 10 heteroatoms. The number of hydrogen-bond donors (Lipinski definition) is 2. The Morgan fingerprint density at radius 1 is 1.28 bits per heavy atom. The van der Waals surface area contributed by atoms with Crippen LogP contribution in [0.3, 0.4) is 0 Å². The topological polar surface area (TPSA) is 83.6 Å². The summed E-state index contributed by atoms with van der Waals surface area (Å²) in [5.74, 6) is -0.0292. The molecule has 7 nitrogen and oxygen atoms in total. The molecular formula is C26H33BrN4O3S2. The predicted molar refractivity (Wildman–Crippen MR) is 152 cm³/mol. The van der Waals surface area contributed by atoms with Gasteiger partial charge >= 0.3 is 6.09 Å². The Hall–Kier alpha value is -2.01. The first kappa shape index (κ1) is 27.0. The number of rotatable bonds is 7. The van der Waals surface area contributed by atoms with Gasteiger partial charge in [-0.05, 0) is 64.3 Å². The first-order chi connectivity index (χ1) is 17.0. The van der Waals surface area contributed by atoms with Gasteiger partial charge in [0, 0.05) is 40.5 Å². The van der Waals surface area contributed by atoms with Crippen molar-refractivity contribution in [1.29, 1.82) is 0 Å². The summed E-state index contributed by atoms with van der Waals surface area (Å²) >= 11 is 6.69. The summed E-state index contributed by atoms with van der Waals surface area (Å²) in [5.41, 5.74) is 2.52. The minimum absolute atomic E-state index is 0.0292. The zero-order valence-electron chi connectivity index (χ0n) is 21.4. The molecule has 0 spiro atoms. The van der Waals surface area contributed by atoms with Crippen molar-refractivity contribution in [3.05, 3.63) is 33.1 Å². The number of nitrogens with one attached hydrogen (secondary N) is 2. The van der Waals surface area contributed by atoms with Crippen molar-refractivity contribution in [1.82, 2.24) is 15.2 Å². The third-order valence-electron chi connectivity index (χ3n) is 5.98. The number of fused-ring (bicyclic) bond motifs is 2. The fourth-order valence-corrected chi connectivity index (χ4v) is 6.69. The Bertz CT molecular complexity index is 1260. The molecule has 1 aromatic carbocycles. The molecule has 2 N–H and O–H groups in total. The summed E-state index contributed by atoms with van der Waals surface area (Å²) in [7, 11) is 0. The highest BCUT2D eigenvalue weighted by Crippen LogP contribution is 2.46. The van der Waals surface area contributed by atoms with Crippen LogP contribution in [0.4, 0.5) is 9.80 Å². The standard InChI is InChI=1S/C26H33BrN4O3S2/c1-6-15(2)28-11-9-21(32)30-24-22(23-29-18-13-16(27)7-8-19(18)35-23)17-10-12-31(14-20(17)36-24)25(33)34-26(3,4)5/h7-8,13,15,28H,6,9-12,14H2,1-5H3,(H,30,32)/t15-/m0/s1. The lowest BCUT2D eigenvalue weighted by Gasteiger charge is -2.30. The molecule has 194 valence electrons. The summed E-state index contributed by atoms with van der Waals surface area (Å²) in [6.07, 6.45) is 1.79. The van der Waals surface area contributed by atoms with E-state index in [2.05, 4.69) is 46.5 Å². The number of aromatic nitrogens is 1. The molecule has 0 saturated heterocycles. The minimum Gasteiger partial charge on any atom is -0.444 e. The van der Waals surface area contributed by atoms with Crippen LogP contribution in [0.15, 0.2) is 22.7 Å². The van der Waals surface area contributed by atoms with Gasteiger partial charge in [-0.15, -0.1) is 22.7 Å². The molecular weight excluding hydrogens is 560 g/mol. The fourth-order valence-electron chi connectivity index (χ4n) is 3.97. The lowest BCUT2D eigenvalue weighted by atomic mass is 10.0. The number of thiazole rings is 1. The average molecular weight is 594 g/mol. The van der Waals surface area contributed by atoms with E-state index < -0.39 is 5.60 Å². The first-order valence-electron chi connectivity index (χ1n) is 12.3. The highest BCUT2D eigenvalue weighted by Gasteiger charge is 2.31. The second-order valence-electron chi connectivity index (χ2n) is 10.1. The summed E-state index contributed by atoms with van der Waals surface area (Å²) in [6, 6.07) is 6.46. The summed E-state index contributed by atoms with van der Waals surface area (Å²) in [4.78, 5) is 33.3. The Morgan fingerprint density at radius 2 is 2.06 bits per heavy atom. The molecule has 3 heterocycles. The van der Waals surface area contributed by atoms with Crippen molar-refractivity contribution in [3.63, 3.8) is 0 Å². The van der Waals surface area contributed by atoms with Crippen LogP contribution in [-0.2, 0) is 22.5 Å². The van der Waals surface area contributed by atoms with Gasteiger partial charge in [-0.1, -0.05) is 22.9 Å². The number of carbonyl (C=O) groups is 2. The van der Waals surface area contributed by atoms with Crippen LogP contribution in [0.2, 0.25) is 0 Å². The normalized spacial score (nSPS) is 14.6. The number of carbonyl (C=O) groups excluding carboxylic acids is 2. The number of halogens is 1. The SMILES string of the molecule is CC[C@H](C)NCCC(=O)Nc1sc2c(c1-c1nc3cc(Br)ccc3s1)CCN(C(=O)OC(C)(C)C)C2. The highest BCUT2D eigenvalue weighted by molar-refractivity contribution is 9.10. The second kappa shape index (κ2) is 11.2. The Kier molecular flexibility index (Phi) is 8.38. The summed E-state index contributed by atoms with van der Waals surface area (Å²) < 4.78 is 7.68. The molecule has 4 rings (SSSR count). The van der Waals surface area contributed by atoms with E-state index in [9.17, 15) is 9.59 Å². The van der Waals surface area contributed by atoms with Crippen LogP contribution in [0.25, 0.3) is 20.8 Å². The van der Waals surface area contributed by atoms with E-state index in [0.717, 1.165) is 47.1 Å². The third kappa shape index (κ3) is 6.45. The van der Waals surface area contributed by atoms with E-state index in [1.165, 1.54) is 11.3 Å². The van der Waals surface area contributed by atoms with Gasteiger partial charge in [0.25, 0.3) is 0 Å². The number of amides is 2. The van der Waals surface area contributed by atoms with Gasteiger partial charge in [0.15, 0.2) is 0 Å². The lowest BCUT2D eigenvalue weighted by molar-refractivity contribution is -0.116. The first-order valence-corrected chi connectivity index (χ1v) is 14.7.